The van der Waals surface area contributed by atoms with E-state index in [4.69, 9.17) is 32.7 Å². The summed E-state index contributed by atoms with van der Waals surface area (Å²) in [5, 5.41) is 0. The number of hydrogen-bond acceptors (Lipinski definition) is 4. The van der Waals surface area contributed by atoms with E-state index in [2.05, 4.69) is 0 Å². The van der Waals surface area contributed by atoms with E-state index < -0.39 is 0 Å². The van der Waals surface area contributed by atoms with Gasteiger partial charge in [0, 0.05) is 13.7 Å². The number of methoxy groups -OCH3 is 1. The molecule has 0 aliphatic rings. The van der Waals surface area contributed by atoms with Gasteiger partial charge in [-0.25, -0.2) is 0 Å². The number of hydrogen-bond donors (Lipinski definition) is 0. The molecule has 0 aliphatic heterocycles. The molecular weight excluding hydrogens is 295 g/mol. The average molecular weight is 311 g/mol. The van der Waals surface area contributed by atoms with Crippen LogP contribution in [0, 0.1) is 0 Å². The second-order valence-electron chi connectivity index (χ2n) is 4.43. The lowest BCUT2D eigenvalue weighted by atomic mass is 10.1. The van der Waals surface area contributed by atoms with Crippen molar-refractivity contribution in [2.75, 3.05) is 20.3 Å². The highest BCUT2D eigenvalue weighted by Gasteiger charge is 2.17. The maximum absolute atomic E-state index is 11.8. The largest absolute Gasteiger partial charge is 0.379 e. The van der Waals surface area contributed by atoms with Crippen molar-refractivity contribution < 1.29 is 14.3 Å². The number of carbonyl (C=O) groups excluding carboxylic acids is 1. The topological polar surface area (TPSA) is 35.5 Å². The monoisotopic (exact) mass is 310 g/mol. The fourth-order valence-corrected chi connectivity index (χ4v) is 2.69. The molecule has 0 saturated heterocycles. The normalized spacial score (nSPS) is 11.8. The van der Waals surface area contributed by atoms with Gasteiger partial charge < -0.3 is 9.47 Å². The van der Waals surface area contributed by atoms with E-state index in [-0.39, 0.29) is 18.0 Å². The summed E-state index contributed by atoms with van der Waals surface area (Å²) in [6, 6.07) is 1.57. The fourth-order valence-electron chi connectivity index (χ4n) is 1.19. The Labute approximate surface area is 121 Å². The molecule has 0 atom stereocenters. The van der Waals surface area contributed by atoms with Crippen molar-refractivity contribution in [3.05, 3.63) is 20.3 Å². The lowest BCUT2D eigenvalue weighted by Crippen LogP contribution is -2.25. The summed E-state index contributed by atoms with van der Waals surface area (Å²) >= 11 is 12.8. The second kappa shape index (κ2) is 6.87. The first-order valence-electron chi connectivity index (χ1n) is 5.46. The molecule has 18 heavy (non-hydrogen) atoms. The lowest BCUT2D eigenvalue weighted by Gasteiger charge is -2.22. The van der Waals surface area contributed by atoms with Crippen LogP contribution in [0.1, 0.15) is 30.6 Å². The van der Waals surface area contributed by atoms with E-state index in [9.17, 15) is 4.79 Å². The first kappa shape index (κ1) is 15.9. The predicted molar refractivity (Wildman–Crippen MR) is 75.2 cm³/mol. The van der Waals surface area contributed by atoms with Gasteiger partial charge in [0.25, 0.3) is 0 Å². The van der Waals surface area contributed by atoms with E-state index in [0.717, 1.165) is 6.42 Å². The SMILES string of the molecule is COC(C)(C)CCOCC(=O)c1cc(Cl)sc1Cl. The van der Waals surface area contributed by atoms with E-state index in [0.29, 0.717) is 20.8 Å². The molecular formula is C12H16Cl2O3S. The number of carbonyl (C=O) groups is 1. The molecule has 1 aromatic heterocycles. The average Bonchev–Trinajstić information content (AvgIpc) is 2.64. The molecule has 102 valence electrons. The number of Topliss-reactive ketones (excluding diaryl/α,β-unsaturated/α-hetero) is 1. The Bertz CT molecular complexity index is 415. The number of halogens is 2. The standard InChI is InChI=1S/C12H16Cl2O3S/c1-12(2,16-3)4-5-17-7-9(15)8-6-10(13)18-11(8)14/h6H,4-5,7H2,1-3H3. The van der Waals surface area contributed by atoms with Crippen LogP contribution in [0.15, 0.2) is 6.07 Å². The third kappa shape index (κ3) is 4.86. The lowest BCUT2D eigenvalue weighted by molar-refractivity contribution is -0.00836. The predicted octanol–water partition coefficient (Wildman–Crippen LogP) is 4.07. The van der Waals surface area contributed by atoms with Crippen LogP contribution in [-0.4, -0.2) is 31.7 Å². The molecule has 6 heteroatoms. The van der Waals surface area contributed by atoms with Crippen molar-refractivity contribution in [1.29, 1.82) is 0 Å². The molecule has 1 aromatic rings. The van der Waals surface area contributed by atoms with Gasteiger partial charge in [-0.3, -0.25) is 4.79 Å². The summed E-state index contributed by atoms with van der Waals surface area (Å²) in [6.45, 7) is 4.40. The smallest absolute Gasteiger partial charge is 0.190 e. The van der Waals surface area contributed by atoms with Crippen LogP contribution in [0.2, 0.25) is 8.67 Å². The number of ether oxygens (including phenoxy) is 2. The Morgan fingerprint density at radius 2 is 2.11 bits per heavy atom. The molecule has 1 rings (SSSR count). The third-order valence-corrected chi connectivity index (χ3v) is 4.08. The minimum atomic E-state index is -0.244. The van der Waals surface area contributed by atoms with Gasteiger partial charge in [-0.2, -0.15) is 0 Å². The van der Waals surface area contributed by atoms with E-state index in [1.807, 2.05) is 13.8 Å². The fraction of sp³-hybridized carbons (Fsp3) is 0.583. The molecule has 0 aromatic carbocycles. The van der Waals surface area contributed by atoms with Crippen LogP contribution < -0.4 is 0 Å². The first-order valence-corrected chi connectivity index (χ1v) is 7.04. The number of thiophene rings is 1. The molecule has 0 N–H and O–H groups in total. The van der Waals surface area contributed by atoms with Crippen molar-refractivity contribution >= 4 is 40.3 Å². The highest BCUT2D eigenvalue weighted by molar-refractivity contribution is 7.20. The van der Waals surface area contributed by atoms with E-state index >= 15 is 0 Å². The third-order valence-electron chi connectivity index (χ3n) is 2.59. The maximum Gasteiger partial charge on any atom is 0.190 e. The quantitative estimate of drug-likeness (QED) is 0.562. The van der Waals surface area contributed by atoms with Gasteiger partial charge in [0.2, 0.25) is 0 Å². The zero-order valence-corrected chi connectivity index (χ0v) is 12.9. The maximum atomic E-state index is 11.8. The first-order chi connectivity index (χ1) is 8.35. The molecule has 0 spiro atoms. The summed E-state index contributed by atoms with van der Waals surface area (Å²) < 4.78 is 11.5. The van der Waals surface area contributed by atoms with Crippen molar-refractivity contribution in [3.63, 3.8) is 0 Å². The number of ketones is 1. The Morgan fingerprint density at radius 1 is 1.44 bits per heavy atom. The van der Waals surface area contributed by atoms with E-state index in [1.165, 1.54) is 11.3 Å². The Hall–Kier alpha value is -0.130. The second-order valence-corrected chi connectivity index (χ2v) is 6.71. The minimum Gasteiger partial charge on any atom is -0.379 e. The summed E-state index contributed by atoms with van der Waals surface area (Å²) in [5.41, 5.74) is 0.185. The highest BCUT2D eigenvalue weighted by atomic mass is 35.5. The number of rotatable bonds is 7. The minimum absolute atomic E-state index is 0.00652. The molecule has 0 radical (unpaired) electrons. The zero-order valence-electron chi connectivity index (χ0n) is 10.6. The van der Waals surface area contributed by atoms with Gasteiger partial charge in [0.15, 0.2) is 5.78 Å². The van der Waals surface area contributed by atoms with Crippen LogP contribution in [0.4, 0.5) is 0 Å². The van der Waals surface area contributed by atoms with Crippen molar-refractivity contribution in [2.45, 2.75) is 25.9 Å². The summed E-state index contributed by atoms with van der Waals surface area (Å²) in [4.78, 5) is 11.8. The van der Waals surface area contributed by atoms with Crippen LogP contribution >= 0.6 is 34.5 Å². The van der Waals surface area contributed by atoms with Gasteiger partial charge in [-0.15, -0.1) is 11.3 Å². The Kier molecular flexibility index (Phi) is 6.08. The van der Waals surface area contributed by atoms with Crippen LogP contribution in [0.5, 0.6) is 0 Å². The molecule has 0 saturated carbocycles. The van der Waals surface area contributed by atoms with Gasteiger partial charge in [0.1, 0.15) is 10.9 Å². The summed E-state index contributed by atoms with van der Waals surface area (Å²) in [6.07, 6.45) is 0.717. The molecule has 0 bridgehead atoms. The molecule has 0 aliphatic carbocycles. The van der Waals surface area contributed by atoms with Crippen molar-refractivity contribution in [3.8, 4) is 0 Å². The summed E-state index contributed by atoms with van der Waals surface area (Å²) in [5.74, 6) is -0.154. The highest BCUT2D eigenvalue weighted by Crippen LogP contribution is 2.31. The van der Waals surface area contributed by atoms with Crippen molar-refractivity contribution in [1.82, 2.24) is 0 Å². The van der Waals surface area contributed by atoms with Gasteiger partial charge in [-0.05, 0) is 26.3 Å². The Morgan fingerprint density at radius 3 is 2.61 bits per heavy atom. The van der Waals surface area contributed by atoms with Gasteiger partial charge in [0.05, 0.1) is 15.5 Å². The Balaban J connectivity index is 2.36. The molecule has 3 nitrogen and oxygen atoms in total. The molecule has 0 amide bonds. The van der Waals surface area contributed by atoms with Crippen molar-refractivity contribution in [2.24, 2.45) is 0 Å². The molecule has 0 fully saturated rings. The molecule has 0 unspecified atom stereocenters. The van der Waals surface area contributed by atoms with Crippen LogP contribution in [0.25, 0.3) is 0 Å². The van der Waals surface area contributed by atoms with Crippen LogP contribution in [0.3, 0.4) is 0 Å². The molecule has 1 heterocycles. The van der Waals surface area contributed by atoms with E-state index in [1.54, 1.807) is 13.2 Å². The summed E-state index contributed by atoms with van der Waals surface area (Å²) in [7, 11) is 1.65. The van der Waals surface area contributed by atoms with Crippen LogP contribution in [-0.2, 0) is 9.47 Å². The van der Waals surface area contributed by atoms with Gasteiger partial charge >= 0.3 is 0 Å². The van der Waals surface area contributed by atoms with Gasteiger partial charge in [-0.1, -0.05) is 23.2 Å². The zero-order chi connectivity index (χ0) is 13.8.